The van der Waals surface area contributed by atoms with Gasteiger partial charge in [-0.2, -0.15) is 0 Å². The lowest BCUT2D eigenvalue weighted by Gasteiger charge is -2.01. The van der Waals surface area contributed by atoms with Crippen LogP contribution in [0, 0.1) is 0 Å². The highest BCUT2D eigenvalue weighted by atomic mass is 79.9. The van der Waals surface area contributed by atoms with Crippen LogP contribution in [0.3, 0.4) is 0 Å². The summed E-state index contributed by atoms with van der Waals surface area (Å²) in [7, 11) is 0. The van der Waals surface area contributed by atoms with Crippen molar-refractivity contribution in [3.63, 3.8) is 0 Å². The minimum atomic E-state index is 0.490. The van der Waals surface area contributed by atoms with Crippen LogP contribution in [-0.4, -0.2) is 35.2 Å². The fraction of sp³-hybridized carbons (Fsp3) is 0.625. The predicted octanol–water partition coefficient (Wildman–Crippen LogP) is 0.543. The Kier molecular flexibility index (Phi) is 2.43. The van der Waals surface area contributed by atoms with Gasteiger partial charge in [0.25, 0.3) is 0 Å². The van der Waals surface area contributed by atoms with Crippen molar-refractivity contribution >= 4 is 15.9 Å². The second kappa shape index (κ2) is 3.93. The lowest BCUT2D eigenvalue weighted by Crippen LogP contribution is -2.09. The fourth-order valence-electron chi connectivity index (χ4n) is 1.54. The number of aromatic nitrogens is 7. The summed E-state index contributed by atoms with van der Waals surface area (Å²) in [5.41, 5.74) is 0.908. The minimum Gasteiger partial charge on any atom is -0.245 e. The molecule has 1 saturated carbocycles. The van der Waals surface area contributed by atoms with E-state index in [-0.39, 0.29) is 0 Å². The third-order valence-electron chi connectivity index (χ3n) is 2.48. The third-order valence-corrected chi connectivity index (χ3v) is 3.05. The molecular formula is C8H10BrN7. The van der Waals surface area contributed by atoms with Crippen molar-refractivity contribution in [2.24, 2.45) is 0 Å². The summed E-state index contributed by atoms with van der Waals surface area (Å²) in [5, 5.41) is 20.4. The molecule has 2 aromatic rings. The molecule has 1 aliphatic carbocycles. The van der Waals surface area contributed by atoms with Crippen molar-refractivity contribution in [1.29, 1.82) is 0 Å². The molecule has 0 spiro atoms. The largest absolute Gasteiger partial charge is 0.245 e. The number of tetrazole rings is 1. The van der Waals surface area contributed by atoms with Gasteiger partial charge in [-0.05, 0) is 23.3 Å². The molecule has 0 aromatic carbocycles. The van der Waals surface area contributed by atoms with Gasteiger partial charge in [-0.25, -0.2) is 9.36 Å². The van der Waals surface area contributed by atoms with E-state index in [0.29, 0.717) is 17.9 Å². The molecule has 0 saturated heterocycles. The summed E-state index contributed by atoms with van der Waals surface area (Å²) >= 11 is 3.34. The van der Waals surface area contributed by atoms with E-state index in [1.807, 2.05) is 10.9 Å². The molecule has 1 fully saturated rings. The van der Waals surface area contributed by atoms with Crippen molar-refractivity contribution < 1.29 is 0 Å². The molecule has 2 heterocycles. The van der Waals surface area contributed by atoms with Crippen LogP contribution in [0.5, 0.6) is 0 Å². The standard InChI is InChI=1S/C8H10BrN7/c9-3-6-4-15(13-10-6)5-8-11-12-14-16(8)7-1-2-7/h4,7H,1-3,5H2. The molecule has 0 radical (unpaired) electrons. The van der Waals surface area contributed by atoms with Crippen LogP contribution in [-0.2, 0) is 11.9 Å². The zero-order chi connectivity index (χ0) is 11.0. The lowest BCUT2D eigenvalue weighted by atomic mass is 10.5. The van der Waals surface area contributed by atoms with Crippen LogP contribution in [0.4, 0.5) is 0 Å². The van der Waals surface area contributed by atoms with Crippen LogP contribution in [0.15, 0.2) is 6.20 Å². The first-order chi connectivity index (χ1) is 7.86. The molecule has 84 valence electrons. The van der Waals surface area contributed by atoms with Gasteiger partial charge in [0.2, 0.25) is 0 Å². The van der Waals surface area contributed by atoms with E-state index in [0.717, 1.165) is 11.5 Å². The third kappa shape index (κ3) is 1.84. The van der Waals surface area contributed by atoms with Gasteiger partial charge < -0.3 is 0 Å². The highest BCUT2D eigenvalue weighted by molar-refractivity contribution is 9.08. The monoisotopic (exact) mass is 283 g/mol. The topological polar surface area (TPSA) is 74.3 Å². The first kappa shape index (κ1) is 9.88. The second-order valence-electron chi connectivity index (χ2n) is 3.81. The molecule has 3 rings (SSSR count). The van der Waals surface area contributed by atoms with Gasteiger partial charge in [0.15, 0.2) is 5.82 Å². The van der Waals surface area contributed by atoms with Crippen LogP contribution < -0.4 is 0 Å². The number of alkyl halides is 1. The van der Waals surface area contributed by atoms with Crippen LogP contribution in [0.1, 0.15) is 30.4 Å². The summed E-state index contributed by atoms with van der Waals surface area (Å²) in [6.45, 7) is 0.573. The zero-order valence-corrected chi connectivity index (χ0v) is 10.1. The summed E-state index contributed by atoms with van der Waals surface area (Å²) in [6, 6.07) is 0.490. The molecule has 8 heteroatoms. The maximum Gasteiger partial charge on any atom is 0.173 e. The molecule has 2 aromatic heterocycles. The quantitative estimate of drug-likeness (QED) is 0.766. The Balaban J connectivity index is 1.79. The number of nitrogens with zero attached hydrogens (tertiary/aromatic N) is 7. The van der Waals surface area contributed by atoms with E-state index in [9.17, 15) is 0 Å². The van der Waals surface area contributed by atoms with E-state index in [4.69, 9.17) is 0 Å². The number of hydrogen-bond acceptors (Lipinski definition) is 5. The van der Waals surface area contributed by atoms with Gasteiger partial charge in [-0.3, -0.25) is 0 Å². The summed E-state index contributed by atoms with van der Waals surface area (Å²) in [6.07, 6.45) is 4.23. The first-order valence-corrected chi connectivity index (χ1v) is 6.20. The average Bonchev–Trinajstić information content (AvgIpc) is 2.88. The Labute approximate surface area is 100.0 Å². The van der Waals surface area contributed by atoms with Gasteiger partial charge in [0, 0.05) is 11.5 Å². The Morgan fingerprint density at radius 3 is 2.88 bits per heavy atom. The molecule has 0 amide bonds. The Morgan fingerprint density at radius 2 is 2.19 bits per heavy atom. The van der Waals surface area contributed by atoms with Crippen LogP contribution >= 0.6 is 15.9 Å². The van der Waals surface area contributed by atoms with E-state index in [1.165, 1.54) is 12.8 Å². The Morgan fingerprint density at radius 1 is 1.31 bits per heavy atom. The predicted molar refractivity (Wildman–Crippen MR) is 57.8 cm³/mol. The fourth-order valence-corrected chi connectivity index (χ4v) is 1.80. The molecule has 16 heavy (non-hydrogen) atoms. The van der Waals surface area contributed by atoms with Crippen molar-refractivity contribution in [3.8, 4) is 0 Å². The molecule has 1 aliphatic rings. The average molecular weight is 284 g/mol. The lowest BCUT2D eigenvalue weighted by molar-refractivity contribution is 0.543. The van der Waals surface area contributed by atoms with Crippen molar-refractivity contribution in [1.82, 2.24) is 35.2 Å². The van der Waals surface area contributed by atoms with Crippen molar-refractivity contribution in [2.75, 3.05) is 0 Å². The normalized spacial score (nSPS) is 15.6. The summed E-state index contributed by atoms with van der Waals surface area (Å²) < 4.78 is 3.64. The minimum absolute atomic E-state index is 0.490. The second-order valence-corrected chi connectivity index (χ2v) is 4.37. The maximum atomic E-state index is 4.01. The summed E-state index contributed by atoms with van der Waals surface area (Å²) in [4.78, 5) is 0. The summed E-state index contributed by atoms with van der Waals surface area (Å²) in [5.74, 6) is 0.841. The van der Waals surface area contributed by atoms with Crippen LogP contribution in [0.25, 0.3) is 0 Å². The Bertz CT molecular complexity index is 486. The zero-order valence-electron chi connectivity index (χ0n) is 8.49. The SMILES string of the molecule is BrCc1cn(Cc2nnnn2C2CC2)nn1. The molecule has 0 unspecified atom stereocenters. The molecular weight excluding hydrogens is 274 g/mol. The molecule has 0 aliphatic heterocycles. The van der Waals surface area contributed by atoms with E-state index in [1.54, 1.807) is 4.68 Å². The van der Waals surface area contributed by atoms with E-state index >= 15 is 0 Å². The molecule has 0 N–H and O–H groups in total. The van der Waals surface area contributed by atoms with Gasteiger partial charge in [-0.1, -0.05) is 21.1 Å². The van der Waals surface area contributed by atoms with Gasteiger partial charge in [0.05, 0.1) is 11.7 Å². The smallest absolute Gasteiger partial charge is 0.173 e. The molecule has 0 bridgehead atoms. The van der Waals surface area contributed by atoms with Crippen molar-refractivity contribution in [2.45, 2.75) is 30.8 Å². The highest BCUT2D eigenvalue weighted by Crippen LogP contribution is 2.34. The number of halogens is 1. The first-order valence-electron chi connectivity index (χ1n) is 5.08. The van der Waals surface area contributed by atoms with Gasteiger partial charge in [0.1, 0.15) is 6.54 Å². The highest BCUT2D eigenvalue weighted by Gasteiger charge is 2.27. The van der Waals surface area contributed by atoms with E-state index in [2.05, 4.69) is 41.8 Å². The molecule has 0 atom stereocenters. The number of rotatable bonds is 4. The van der Waals surface area contributed by atoms with Gasteiger partial charge in [-0.15, -0.1) is 10.2 Å². The van der Waals surface area contributed by atoms with Crippen molar-refractivity contribution in [3.05, 3.63) is 17.7 Å². The van der Waals surface area contributed by atoms with E-state index < -0.39 is 0 Å². The number of hydrogen-bond donors (Lipinski definition) is 0. The maximum absolute atomic E-state index is 4.01. The van der Waals surface area contributed by atoms with Crippen LogP contribution in [0.2, 0.25) is 0 Å². The van der Waals surface area contributed by atoms with Gasteiger partial charge >= 0.3 is 0 Å². The molecule has 7 nitrogen and oxygen atoms in total. The Hall–Kier alpha value is -1.31.